The number of fused-ring (bicyclic) bond motifs is 1. The van der Waals surface area contributed by atoms with Crippen LogP contribution in [0.3, 0.4) is 0 Å². The molecule has 0 unspecified atom stereocenters. The maximum Gasteiger partial charge on any atom is 0.253 e. The number of halogens is 1. The minimum Gasteiger partial charge on any atom is -0.380 e. The summed E-state index contributed by atoms with van der Waals surface area (Å²) in [4.78, 5) is 18.1. The number of carbonyl (C=O) groups excluding carboxylic acids is 1. The van der Waals surface area contributed by atoms with Crippen molar-refractivity contribution in [1.29, 1.82) is 0 Å². The molecule has 1 amide bonds. The van der Waals surface area contributed by atoms with Gasteiger partial charge in [-0.25, -0.2) is 0 Å². The Kier molecular flexibility index (Phi) is 4.67. The van der Waals surface area contributed by atoms with E-state index in [2.05, 4.69) is 10.3 Å². The molecule has 3 aromatic rings. The largest absolute Gasteiger partial charge is 0.380 e. The normalized spacial score (nSPS) is 10.6. The highest BCUT2D eigenvalue weighted by atomic mass is 35.5. The van der Waals surface area contributed by atoms with Crippen molar-refractivity contribution in [3.8, 4) is 0 Å². The Bertz CT molecular complexity index is 887. The molecule has 24 heavy (non-hydrogen) atoms. The predicted molar refractivity (Wildman–Crippen MR) is 98.5 cm³/mol. The fourth-order valence-corrected chi connectivity index (χ4v) is 2.74. The fourth-order valence-electron chi connectivity index (χ4n) is 2.55. The van der Waals surface area contributed by atoms with Crippen LogP contribution < -0.4 is 5.32 Å². The Morgan fingerprint density at radius 3 is 2.75 bits per heavy atom. The molecule has 0 aliphatic heterocycles. The summed E-state index contributed by atoms with van der Waals surface area (Å²) in [5.74, 6) is -0.0541. The van der Waals surface area contributed by atoms with Gasteiger partial charge in [0.2, 0.25) is 0 Å². The third kappa shape index (κ3) is 3.34. The summed E-state index contributed by atoms with van der Waals surface area (Å²) < 4.78 is 0. The maximum atomic E-state index is 12.1. The third-order valence-electron chi connectivity index (χ3n) is 3.81. The highest BCUT2D eigenvalue weighted by molar-refractivity contribution is 6.33. The monoisotopic (exact) mass is 339 g/mol. The number of amides is 1. The van der Waals surface area contributed by atoms with Crippen LogP contribution >= 0.6 is 11.6 Å². The second-order valence-corrected chi connectivity index (χ2v) is 6.15. The third-order valence-corrected chi connectivity index (χ3v) is 4.13. The molecular formula is C19H18ClN3O. The lowest BCUT2D eigenvalue weighted by atomic mass is 10.1. The number of hydrogen-bond donors (Lipinski definition) is 1. The lowest BCUT2D eigenvalue weighted by molar-refractivity contribution is 0.0827. The van der Waals surface area contributed by atoms with Gasteiger partial charge in [-0.3, -0.25) is 9.78 Å². The van der Waals surface area contributed by atoms with Gasteiger partial charge in [0, 0.05) is 37.8 Å². The van der Waals surface area contributed by atoms with Gasteiger partial charge in [-0.2, -0.15) is 0 Å². The standard InChI is InChI=1S/C19H18ClN3O/c1-23(2)19(24)14-8-9-16(20)17(11-14)22-12-15-6-3-5-13-7-4-10-21-18(13)15/h3-11,22H,12H2,1-2H3. The minimum absolute atomic E-state index is 0.0541. The fraction of sp³-hybridized carbons (Fsp3) is 0.158. The topological polar surface area (TPSA) is 45.2 Å². The predicted octanol–water partition coefficient (Wildman–Crippen LogP) is 4.20. The lowest BCUT2D eigenvalue weighted by Crippen LogP contribution is -2.21. The van der Waals surface area contributed by atoms with Gasteiger partial charge in [0.1, 0.15) is 0 Å². The first-order chi connectivity index (χ1) is 11.6. The van der Waals surface area contributed by atoms with Crippen LogP contribution in [0.5, 0.6) is 0 Å². The van der Waals surface area contributed by atoms with Crippen molar-refractivity contribution >= 4 is 34.1 Å². The van der Waals surface area contributed by atoms with E-state index in [9.17, 15) is 4.79 Å². The number of rotatable bonds is 4. The molecule has 3 rings (SSSR count). The summed E-state index contributed by atoms with van der Waals surface area (Å²) in [5.41, 5.74) is 3.37. The molecule has 0 spiro atoms. The van der Waals surface area contributed by atoms with Crippen molar-refractivity contribution in [3.05, 3.63) is 70.9 Å². The first-order valence-electron chi connectivity index (χ1n) is 7.64. The van der Waals surface area contributed by atoms with Crippen LogP contribution in [0.25, 0.3) is 10.9 Å². The van der Waals surface area contributed by atoms with Gasteiger partial charge >= 0.3 is 0 Å². The number of aromatic nitrogens is 1. The quantitative estimate of drug-likeness (QED) is 0.774. The second kappa shape index (κ2) is 6.89. The van der Waals surface area contributed by atoms with E-state index >= 15 is 0 Å². The van der Waals surface area contributed by atoms with Gasteiger partial charge in [0.15, 0.2) is 0 Å². The molecule has 1 N–H and O–H groups in total. The molecule has 122 valence electrons. The zero-order valence-electron chi connectivity index (χ0n) is 13.6. The molecule has 1 heterocycles. The zero-order valence-corrected chi connectivity index (χ0v) is 14.3. The van der Waals surface area contributed by atoms with E-state index in [1.54, 1.807) is 43.4 Å². The smallest absolute Gasteiger partial charge is 0.253 e. The lowest BCUT2D eigenvalue weighted by Gasteiger charge is -2.14. The van der Waals surface area contributed by atoms with Crippen molar-refractivity contribution in [2.45, 2.75) is 6.54 Å². The molecule has 0 aliphatic rings. The Morgan fingerprint density at radius 2 is 1.96 bits per heavy atom. The second-order valence-electron chi connectivity index (χ2n) is 5.74. The Hall–Kier alpha value is -2.59. The molecule has 4 nitrogen and oxygen atoms in total. The molecule has 0 saturated carbocycles. The number of nitrogens with zero attached hydrogens (tertiary/aromatic N) is 2. The SMILES string of the molecule is CN(C)C(=O)c1ccc(Cl)c(NCc2cccc3cccnc23)c1. The molecular weight excluding hydrogens is 322 g/mol. The van der Waals surface area contributed by atoms with Gasteiger partial charge in [-0.05, 0) is 29.8 Å². The molecule has 5 heteroatoms. The Labute approximate surface area is 146 Å². The van der Waals surface area contributed by atoms with E-state index in [0.29, 0.717) is 17.1 Å². The highest BCUT2D eigenvalue weighted by Crippen LogP contribution is 2.25. The van der Waals surface area contributed by atoms with Crippen molar-refractivity contribution in [2.24, 2.45) is 0 Å². The number of pyridine rings is 1. The van der Waals surface area contributed by atoms with Crippen LogP contribution in [-0.4, -0.2) is 29.9 Å². The number of para-hydroxylation sites is 1. The number of hydrogen-bond acceptors (Lipinski definition) is 3. The summed E-state index contributed by atoms with van der Waals surface area (Å²) in [6.07, 6.45) is 1.79. The molecule has 0 saturated heterocycles. The van der Waals surface area contributed by atoms with Gasteiger partial charge < -0.3 is 10.2 Å². The van der Waals surface area contributed by atoms with E-state index in [0.717, 1.165) is 22.2 Å². The summed E-state index contributed by atoms with van der Waals surface area (Å²) in [5, 5.41) is 4.99. The van der Waals surface area contributed by atoms with Gasteiger partial charge in [-0.1, -0.05) is 35.9 Å². The maximum absolute atomic E-state index is 12.1. The Balaban J connectivity index is 1.86. The van der Waals surface area contributed by atoms with Crippen LogP contribution in [-0.2, 0) is 6.54 Å². The van der Waals surface area contributed by atoms with E-state index in [-0.39, 0.29) is 5.91 Å². The van der Waals surface area contributed by atoms with Crippen molar-refractivity contribution in [1.82, 2.24) is 9.88 Å². The van der Waals surface area contributed by atoms with Crippen LogP contribution in [0.1, 0.15) is 15.9 Å². The molecule has 1 aromatic heterocycles. The number of anilines is 1. The average Bonchev–Trinajstić information content (AvgIpc) is 2.60. The number of carbonyl (C=O) groups is 1. The van der Waals surface area contributed by atoms with E-state index < -0.39 is 0 Å². The van der Waals surface area contributed by atoms with Crippen molar-refractivity contribution < 1.29 is 4.79 Å². The van der Waals surface area contributed by atoms with Crippen LogP contribution in [0.15, 0.2) is 54.7 Å². The number of benzene rings is 2. The van der Waals surface area contributed by atoms with E-state index in [1.807, 2.05) is 30.3 Å². The molecule has 0 radical (unpaired) electrons. The number of nitrogens with one attached hydrogen (secondary N) is 1. The van der Waals surface area contributed by atoms with Crippen LogP contribution in [0, 0.1) is 0 Å². The van der Waals surface area contributed by atoms with Crippen molar-refractivity contribution in [3.63, 3.8) is 0 Å². The first kappa shape index (κ1) is 16.3. The van der Waals surface area contributed by atoms with Crippen LogP contribution in [0.4, 0.5) is 5.69 Å². The molecule has 0 aliphatic carbocycles. The average molecular weight is 340 g/mol. The molecule has 2 aromatic carbocycles. The van der Waals surface area contributed by atoms with Gasteiger partial charge in [-0.15, -0.1) is 0 Å². The van der Waals surface area contributed by atoms with Gasteiger partial charge in [0.05, 0.1) is 16.2 Å². The van der Waals surface area contributed by atoms with E-state index in [1.165, 1.54) is 0 Å². The highest BCUT2D eigenvalue weighted by Gasteiger charge is 2.11. The van der Waals surface area contributed by atoms with Crippen LogP contribution in [0.2, 0.25) is 5.02 Å². The first-order valence-corrected chi connectivity index (χ1v) is 8.02. The minimum atomic E-state index is -0.0541. The summed E-state index contributed by atoms with van der Waals surface area (Å²) in [7, 11) is 3.46. The van der Waals surface area contributed by atoms with E-state index in [4.69, 9.17) is 11.6 Å². The molecule has 0 fully saturated rings. The summed E-state index contributed by atoms with van der Waals surface area (Å²) in [6.45, 7) is 0.577. The molecule has 0 bridgehead atoms. The van der Waals surface area contributed by atoms with Gasteiger partial charge in [0.25, 0.3) is 5.91 Å². The van der Waals surface area contributed by atoms with Crippen molar-refractivity contribution in [2.75, 3.05) is 19.4 Å². The summed E-state index contributed by atoms with van der Waals surface area (Å²) >= 11 is 6.26. The zero-order chi connectivity index (χ0) is 17.1. The molecule has 0 atom stereocenters. The summed E-state index contributed by atoms with van der Waals surface area (Å²) in [6, 6.07) is 15.3. The Morgan fingerprint density at radius 1 is 1.17 bits per heavy atom.